The molecule has 6 nitrogen and oxygen atoms in total. The van der Waals surface area contributed by atoms with E-state index in [0.717, 1.165) is 11.3 Å². The number of pyridine rings is 1. The van der Waals surface area contributed by atoms with E-state index in [1.807, 2.05) is 36.6 Å². The van der Waals surface area contributed by atoms with E-state index < -0.39 is 5.97 Å². The molecule has 0 fully saturated rings. The van der Waals surface area contributed by atoms with Gasteiger partial charge in [-0.2, -0.15) is 0 Å². The van der Waals surface area contributed by atoms with Crippen LogP contribution in [0.4, 0.5) is 5.13 Å². The first-order valence-electron chi connectivity index (χ1n) is 7.45. The zero-order chi connectivity index (χ0) is 17.8. The minimum Gasteiger partial charge on any atom is -0.464 e. The van der Waals surface area contributed by atoms with Gasteiger partial charge in [0.05, 0.1) is 18.4 Å². The third-order valence-corrected chi connectivity index (χ3v) is 4.25. The molecule has 0 unspecified atom stereocenters. The Morgan fingerprint density at radius 1 is 1.12 bits per heavy atom. The van der Waals surface area contributed by atoms with Gasteiger partial charge in [-0.05, 0) is 19.1 Å². The Bertz CT molecular complexity index is 902. The lowest BCUT2D eigenvalue weighted by Gasteiger charge is -2.02. The summed E-state index contributed by atoms with van der Waals surface area (Å²) in [5, 5.41) is 5.12. The zero-order valence-electron chi connectivity index (χ0n) is 13.6. The molecule has 0 spiro atoms. The number of anilines is 1. The smallest absolute Gasteiger partial charge is 0.356 e. The largest absolute Gasteiger partial charge is 0.464 e. The van der Waals surface area contributed by atoms with Crippen LogP contribution >= 0.6 is 11.3 Å². The monoisotopic (exact) mass is 353 g/mol. The molecular weight excluding hydrogens is 338 g/mol. The maximum atomic E-state index is 12.3. The fourth-order valence-corrected chi connectivity index (χ4v) is 2.83. The molecule has 126 valence electrons. The van der Waals surface area contributed by atoms with Crippen LogP contribution < -0.4 is 5.32 Å². The molecule has 7 heteroatoms. The standard InChI is InChI=1S/C18H15N3O3S/c1-11-3-5-12(6-4-11)15-10-25-18(20-15)21-16(22)13-7-8-14(19-9-13)17(23)24-2/h3-10H,1-2H3,(H,20,21,22). The third kappa shape index (κ3) is 3.89. The molecule has 1 amide bonds. The molecule has 0 atom stereocenters. The summed E-state index contributed by atoms with van der Waals surface area (Å²) in [6, 6.07) is 11.0. The van der Waals surface area contributed by atoms with Crippen LogP contribution in [0.3, 0.4) is 0 Å². The van der Waals surface area contributed by atoms with Crippen molar-refractivity contribution in [1.82, 2.24) is 9.97 Å². The molecule has 2 heterocycles. The van der Waals surface area contributed by atoms with Crippen LogP contribution in [0.2, 0.25) is 0 Å². The van der Waals surface area contributed by atoms with Crippen molar-refractivity contribution in [2.45, 2.75) is 6.92 Å². The van der Waals surface area contributed by atoms with Gasteiger partial charge < -0.3 is 4.74 Å². The summed E-state index contributed by atoms with van der Waals surface area (Å²) < 4.78 is 4.57. The second kappa shape index (κ2) is 7.23. The van der Waals surface area contributed by atoms with E-state index in [2.05, 4.69) is 20.0 Å². The number of rotatable bonds is 4. The van der Waals surface area contributed by atoms with Gasteiger partial charge in [-0.1, -0.05) is 29.8 Å². The summed E-state index contributed by atoms with van der Waals surface area (Å²) in [6.07, 6.45) is 1.33. The topological polar surface area (TPSA) is 81.2 Å². The lowest BCUT2D eigenvalue weighted by molar-refractivity contribution is 0.0593. The molecule has 0 aliphatic carbocycles. The maximum absolute atomic E-state index is 12.3. The van der Waals surface area contributed by atoms with Crippen LogP contribution in [0.5, 0.6) is 0 Å². The number of thiazole rings is 1. The highest BCUT2D eigenvalue weighted by Crippen LogP contribution is 2.25. The van der Waals surface area contributed by atoms with Crippen molar-refractivity contribution >= 4 is 28.3 Å². The lowest BCUT2D eigenvalue weighted by Crippen LogP contribution is -2.13. The Hall–Kier alpha value is -3.06. The van der Waals surface area contributed by atoms with Crippen LogP contribution in [0.1, 0.15) is 26.4 Å². The first-order valence-corrected chi connectivity index (χ1v) is 8.33. The van der Waals surface area contributed by atoms with E-state index in [1.54, 1.807) is 0 Å². The highest BCUT2D eigenvalue weighted by Gasteiger charge is 2.12. The second-order valence-electron chi connectivity index (χ2n) is 5.28. The average Bonchev–Trinajstić information content (AvgIpc) is 3.10. The number of nitrogens with one attached hydrogen (secondary N) is 1. The molecule has 3 aromatic rings. The zero-order valence-corrected chi connectivity index (χ0v) is 14.5. The van der Waals surface area contributed by atoms with Gasteiger partial charge in [-0.3, -0.25) is 10.1 Å². The minimum absolute atomic E-state index is 0.148. The van der Waals surface area contributed by atoms with Gasteiger partial charge in [0.2, 0.25) is 0 Å². The number of aryl methyl sites for hydroxylation is 1. The summed E-state index contributed by atoms with van der Waals surface area (Å²) in [7, 11) is 1.28. The van der Waals surface area contributed by atoms with Crippen molar-refractivity contribution in [3.05, 3.63) is 64.8 Å². The molecule has 2 aromatic heterocycles. The second-order valence-corrected chi connectivity index (χ2v) is 6.14. The number of amides is 1. The van der Waals surface area contributed by atoms with Gasteiger partial charge in [0.1, 0.15) is 5.69 Å². The lowest BCUT2D eigenvalue weighted by atomic mass is 10.1. The molecule has 0 saturated heterocycles. The normalized spacial score (nSPS) is 10.3. The Balaban J connectivity index is 1.71. The summed E-state index contributed by atoms with van der Waals surface area (Å²) in [5.74, 6) is -0.886. The van der Waals surface area contributed by atoms with Crippen LogP contribution in [0.25, 0.3) is 11.3 Å². The van der Waals surface area contributed by atoms with Crippen molar-refractivity contribution < 1.29 is 14.3 Å². The van der Waals surface area contributed by atoms with Crippen molar-refractivity contribution in [2.24, 2.45) is 0 Å². The minimum atomic E-state index is -0.547. The number of nitrogens with zero attached hydrogens (tertiary/aromatic N) is 2. The fourth-order valence-electron chi connectivity index (χ4n) is 2.11. The van der Waals surface area contributed by atoms with E-state index in [1.165, 1.54) is 42.3 Å². The molecular formula is C18H15N3O3S. The predicted octanol–water partition coefficient (Wildman–Crippen LogP) is 3.55. The highest BCUT2D eigenvalue weighted by atomic mass is 32.1. The SMILES string of the molecule is COC(=O)c1ccc(C(=O)Nc2nc(-c3ccc(C)cc3)cs2)cn1. The van der Waals surface area contributed by atoms with Crippen molar-refractivity contribution in [2.75, 3.05) is 12.4 Å². The molecule has 1 aromatic carbocycles. The Kier molecular flexibility index (Phi) is 4.85. The van der Waals surface area contributed by atoms with E-state index in [0.29, 0.717) is 10.7 Å². The number of carbonyl (C=O) groups is 2. The Morgan fingerprint density at radius 2 is 1.88 bits per heavy atom. The van der Waals surface area contributed by atoms with Gasteiger partial charge in [0.15, 0.2) is 5.13 Å². The van der Waals surface area contributed by atoms with Crippen LogP contribution in [0.15, 0.2) is 48.0 Å². The fraction of sp³-hybridized carbons (Fsp3) is 0.111. The van der Waals surface area contributed by atoms with Gasteiger partial charge in [-0.15, -0.1) is 11.3 Å². The van der Waals surface area contributed by atoms with E-state index >= 15 is 0 Å². The van der Waals surface area contributed by atoms with Crippen molar-refractivity contribution in [1.29, 1.82) is 0 Å². The highest BCUT2D eigenvalue weighted by molar-refractivity contribution is 7.14. The van der Waals surface area contributed by atoms with Crippen LogP contribution in [0, 0.1) is 6.92 Å². The van der Waals surface area contributed by atoms with Crippen molar-refractivity contribution in [3.63, 3.8) is 0 Å². The maximum Gasteiger partial charge on any atom is 0.356 e. The van der Waals surface area contributed by atoms with Gasteiger partial charge in [-0.25, -0.2) is 14.8 Å². The number of hydrogen-bond acceptors (Lipinski definition) is 6. The molecule has 0 bridgehead atoms. The number of benzene rings is 1. The number of carbonyl (C=O) groups excluding carboxylic acids is 2. The summed E-state index contributed by atoms with van der Waals surface area (Å²) in [4.78, 5) is 32.0. The quantitative estimate of drug-likeness (QED) is 0.726. The summed E-state index contributed by atoms with van der Waals surface area (Å²) in [6.45, 7) is 2.02. The summed E-state index contributed by atoms with van der Waals surface area (Å²) in [5.41, 5.74) is 3.45. The first kappa shape index (κ1) is 16.8. The van der Waals surface area contributed by atoms with Gasteiger partial charge in [0, 0.05) is 17.1 Å². The molecule has 0 aliphatic rings. The van der Waals surface area contributed by atoms with Crippen LogP contribution in [-0.2, 0) is 4.74 Å². The molecule has 25 heavy (non-hydrogen) atoms. The Labute approximate surface area is 148 Å². The number of hydrogen-bond donors (Lipinski definition) is 1. The number of methoxy groups -OCH3 is 1. The molecule has 1 N–H and O–H groups in total. The molecule has 0 saturated carbocycles. The van der Waals surface area contributed by atoms with Gasteiger partial charge in [0.25, 0.3) is 5.91 Å². The van der Waals surface area contributed by atoms with Crippen LogP contribution in [-0.4, -0.2) is 29.0 Å². The van der Waals surface area contributed by atoms with E-state index in [9.17, 15) is 9.59 Å². The molecule has 0 radical (unpaired) electrons. The van der Waals surface area contributed by atoms with E-state index in [-0.39, 0.29) is 11.6 Å². The third-order valence-electron chi connectivity index (χ3n) is 3.49. The number of esters is 1. The van der Waals surface area contributed by atoms with E-state index in [4.69, 9.17) is 0 Å². The van der Waals surface area contributed by atoms with Gasteiger partial charge >= 0.3 is 5.97 Å². The Morgan fingerprint density at radius 3 is 2.52 bits per heavy atom. The summed E-state index contributed by atoms with van der Waals surface area (Å²) >= 11 is 1.35. The molecule has 0 aliphatic heterocycles. The first-order chi connectivity index (χ1) is 12.1. The van der Waals surface area contributed by atoms with Crippen molar-refractivity contribution in [3.8, 4) is 11.3 Å². The average molecular weight is 353 g/mol. The molecule has 3 rings (SSSR count). The predicted molar refractivity (Wildman–Crippen MR) is 95.8 cm³/mol. The number of aromatic nitrogens is 2. The number of ether oxygens (including phenoxy) is 1.